The van der Waals surface area contributed by atoms with Crippen LogP contribution in [-0.4, -0.2) is 17.9 Å². The maximum Gasteiger partial charge on any atom is 0.251 e. The first-order valence-electron chi connectivity index (χ1n) is 10.1. The van der Waals surface area contributed by atoms with Crippen molar-refractivity contribution in [2.45, 2.75) is 59.4 Å². The Hall–Kier alpha value is -2.69. The van der Waals surface area contributed by atoms with E-state index in [2.05, 4.69) is 38.3 Å². The predicted molar refractivity (Wildman–Crippen MR) is 116 cm³/mol. The lowest BCUT2D eigenvalue weighted by atomic mass is 9.92. The molecule has 2 aromatic rings. The maximum absolute atomic E-state index is 13.1. The molecular weight excluding hydrogens is 367 g/mol. The molecule has 156 valence electrons. The highest BCUT2D eigenvalue weighted by Crippen LogP contribution is 2.32. The number of rotatable bonds is 7. The minimum atomic E-state index is -0.715. The average molecular weight is 399 g/mol. The van der Waals surface area contributed by atoms with Crippen molar-refractivity contribution in [3.63, 3.8) is 0 Å². The van der Waals surface area contributed by atoms with Gasteiger partial charge in [0.1, 0.15) is 11.9 Å². The van der Waals surface area contributed by atoms with Crippen LogP contribution in [0.5, 0.6) is 0 Å². The van der Waals surface area contributed by atoms with Gasteiger partial charge < -0.3 is 10.6 Å². The van der Waals surface area contributed by atoms with E-state index in [0.717, 1.165) is 16.8 Å². The standard InChI is InChI=1S/C24H31FN2O2/c1-14(2)19-8-7-9-20(15(3)4)22(19)27-24(29)21(16(5)6)26-23(28)17-10-12-18(25)13-11-17/h7-16,21H,1-6H3,(H,26,28)(H,27,29)/t21-/m0/s1. The van der Waals surface area contributed by atoms with E-state index >= 15 is 0 Å². The van der Waals surface area contributed by atoms with Crippen molar-refractivity contribution in [1.82, 2.24) is 5.32 Å². The minimum absolute atomic E-state index is 0.117. The summed E-state index contributed by atoms with van der Waals surface area (Å²) in [6.45, 7) is 12.1. The number of para-hydroxylation sites is 1. The number of anilines is 1. The van der Waals surface area contributed by atoms with Crippen LogP contribution in [0.1, 0.15) is 74.9 Å². The molecule has 0 aliphatic carbocycles. The first-order chi connectivity index (χ1) is 13.6. The number of benzene rings is 2. The summed E-state index contributed by atoms with van der Waals surface area (Å²) in [5.41, 5.74) is 3.27. The molecule has 0 aromatic heterocycles. The molecule has 2 rings (SSSR count). The summed E-state index contributed by atoms with van der Waals surface area (Å²) in [5, 5.41) is 5.87. The van der Waals surface area contributed by atoms with Crippen LogP contribution in [0.4, 0.5) is 10.1 Å². The van der Waals surface area contributed by atoms with Gasteiger partial charge in [0.05, 0.1) is 0 Å². The first-order valence-corrected chi connectivity index (χ1v) is 10.1. The van der Waals surface area contributed by atoms with Crippen molar-refractivity contribution in [3.05, 3.63) is 65.0 Å². The van der Waals surface area contributed by atoms with E-state index < -0.39 is 17.8 Å². The fourth-order valence-electron chi connectivity index (χ4n) is 3.26. The molecular formula is C24H31FN2O2. The molecule has 0 saturated carbocycles. The fraction of sp³-hybridized carbons (Fsp3) is 0.417. The Balaban J connectivity index is 2.28. The van der Waals surface area contributed by atoms with E-state index in [9.17, 15) is 14.0 Å². The molecule has 0 spiro atoms. The van der Waals surface area contributed by atoms with Gasteiger partial charge in [-0.05, 0) is 53.1 Å². The van der Waals surface area contributed by atoms with Crippen LogP contribution < -0.4 is 10.6 Å². The topological polar surface area (TPSA) is 58.2 Å². The molecule has 1 atom stereocenters. The Morgan fingerprint density at radius 1 is 0.828 bits per heavy atom. The summed E-state index contributed by atoms with van der Waals surface area (Å²) >= 11 is 0. The molecule has 0 aliphatic heterocycles. The van der Waals surface area contributed by atoms with Crippen molar-refractivity contribution < 1.29 is 14.0 Å². The van der Waals surface area contributed by atoms with Gasteiger partial charge in [0, 0.05) is 11.3 Å². The lowest BCUT2D eigenvalue weighted by Crippen LogP contribution is -2.47. The molecule has 5 heteroatoms. The highest BCUT2D eigenvalue weighted by atomic mass is 19.1. The van der Waals surface area contributed by atoms with Gasteiger partial charge in [-0.3, -0.25) is 9.59 Å². The maximum atomic E-state index is 13.1. The Bertz CT molecular complexity index is 831. The normalized spacial score (nSPS) is 12.3. The second-order valence-electron chi connectivity index (χ2n) is 8.31. The smallest absolute Gasteiger partial charge is 0.251 e. The summed E-state index contributed by atoms with van der Waals surface area (Å²) < 4.78 is 13.1. The SMILES string of the molecule is CC(C)c1cccc(C(C)C)c1NC(=O)[C@@H](NC(=O)c1ccc(F)cc1)C(C)C. The molecule has 0 saturated heterocycles. The lowest BCUT2D eigenvalue weighted by molar-refractivity contribution is -0.118. The van der Waals surface area contributed by atoms with Gasteiger partial charge in [-0.1, -0.05) is 59.7 Å². The fourth-order valence-corrected chi connectivity index (χ4v) is 3.26. The summed E-state index contributed by atoms with van der Waals surface area (Å²) in [4.78, 5) is 25.7. The summed E-state index contributed by atoms with van der Waals surface area (Å²) in [7, 11) is 0. The number of amides is 2. The van der Waals surface area contributed by atoms with E-state index in [1.807, 2.05) is 32.0 Å². The van der Waals surface area contributed by atoms with Gasteiger partial charge >= 0.3 is 0 Å². The van der Waals surface area contributed by atoms with Crippen LogP contribution in [0, 0.1) is 11.7 Å². The Morgan fingerprint density at radius 3 is 1.79 bits per heavy atom. The van der Waals surface area contributed by atoms with Crippen molar-refractivity contribution in [1.29, 1.82) is 0 Å². The zero-order chi connectivity index (χ0) is 21.7. The second-order valence-corrected chi connectivity index (χ2v) is 8.31. The molecule has 0 aliphatic rings. The van der Waals surface area contributed by atoms with E-state index in [0.29, 0.717) is 5.56 Å². The molecule has 0 fully saturated rings. The van der Waals surface area contributed by atoms with Gasteiger partial charge in [0.2, 0.25) is 5.91 Å². The summed E-state index contributed by atoms with van der Waals surface area (Å²) in [6, 6.07) is 10.6. The summed E-state index contributed by atoms with van der Waals surface area (Å²) in [6.07, 6.45) is 0. The Morgan fingerprint density at radius 2 is 1.34 bits per heavy atom. The summed E-state index contributed by atoms with van der Waals surface area (Å²) in [5.74, 6) is -0.699. The third kappa shape index (κ3) is 5.66. The number of halogens is 1. The van der Waals surface area contributed by atoms with Crippen LogP contribution in [0.3, 0.4) is 0 Å². The Kier molecular flexibility index (Phi) is 7.54. The van der Waals surface area contributed by atoms with Crippen LogP contribution in [-0.2, 0) is 4.79 Å². The highest BCUT2D eigenvalue weighted by molar-refractivity contribution is 6.02. The quantitative estimate of drug-likeness (QED) is 0.650. The van der Waals surface area contributed by atoms with Crippen LogP contribution in [0.2, 0.25) is 0 Å². The first kappa shape index (κ1) is 22.6. The molecule has 0 unspecified atom stereocenters. The molecule has 0 bridgehead atoms. The van der Waals surface area contributed by atoms with E-state index in [1.54, 1.807) is 0 Å². The van der Waals surface area contributed by atoms with E-state index in [4.69, 9.17) is 0 Å². The van der Waals surface area contributed by atoms with Gasteiger partial charge in [0.25, 0.3) is 5.91 Å². The predicted octanol–water partition coefficient (Wildman–Crippen LogP) is 5.47. The third-order valence-corrected chi connectivity index (χ3v) is 4.96. The van der Waals surface area contributed by atoms with Crippen LogP contribution in [0.25, 0.3) is 0 Å². The number of hydrogen-bond acceptors (Lipinski definition) is 2. The largest absolute Gasteiger partial charge is 0.340 e. The van der Waals surface area contributed by atoms with Crippen LogP contribution in [0.15, 0.2) is 42.5 Å². The van der Waals surface area contributed by atoms with Gasteiger partial charge in [-0.25, -0.2) is 4.39 Å². The van der Waals surface area contributed by atoms with Crippen molar-refractivity contribution in [2.24, 2.45) is 5.92 Å². The molecule has 29 heavy (non-hydrogen) atoms. The number of nitrogens with one attached hydrogen (secondary N) is 2. The average Bonchev–Trinajstić information content (AvgIpc) is 2.65. The van der Waals surface area contributed by atoms with E-state index in [-0.39, 0.29) is 23.7 Å². The molecule has 2 amide bonds. The van der Waals surface area contributed by atoms with Crippen molar-refractivity contribution >= 4 is 17.5 Å². The number of hydrogen-bond donors (Lipinski definition) is 2. The highest BCUT2D eigenvalue weighted by Gasteiger charge is 2.26. The monoisotopic (exact) mass is 398 g/mol. The molecule has 4 nitrogen and oxygen atoms in total. The Labute approximate surface area is 172 Å². The van der Waals surface area contributed by atoms with Gasteiger partial charge in [-0.15, -0.1) is 0 Å². The van der Waals surface area contributed by atoms with E-state index in [1.165, 1.54) is 24.3 Å². The zero-order valence-corrected chi connectivity index (χ0v) is 18.0. The van der Waals surface area contributed by atoms with Crippen molar-refractivity contribution in [2.75, 3.05) is 5.32 Å². The molecule has 0 heterocycles. The molecule has 0 radical (unpaired) electrons. The molecule has 2 N–H and O–H groups in total. The number of carbonyl (C=O) groups excluding carboxylic acids is 2. The number of carbonyl (C=O) groups is 2. The van der Waals surface area contributed by atoms with Crippen LogP contribution >= 0.6 is 0 Å². The third-order valence-electron chi connectivity index (χ3n) is 4.96. The van der Waals surface area contributed by atoms with Gasteiger partial charge in [-0.2, -0.15) is 0 Å². The second kappa shape index (κ2) is 9.68. The van der Waals surface area contributed by atoms with Crippen molar-refractivity contribution in [3.8, 4) is 0 Å². The lowest BCUT2D eigenvalue weighted by Gasteiger charge is -2.25. The van der Waals surface area contributed by atoms with Gasteiger partial charge in [0.15, 0.2) is 0 Å². The zero-order valence-electron chi connectivity index (χ0n) is 18.0. The minimum Gasteiger partial charge on any atom is -0.340 e. The molecule has 2 aromatic carbocycles.